The first-order valence-corrected chi connectivity index (χ1v) is 9.26. The number of alkyl halides is 3. The lowest BCUT2D eigenvalue weighted by Crippen LogP contribution is -2.54. The molecule has 0 spiro atoms. The van der Waals surface area contributed by atoms with Crippen molar-refractivity contribution in [3.05, 3.63) is 83.6 Å². The molecular formula is C21H19F3N4O3. The van der Waals surface area contributed by atoms with Crippen LogP contribution in [0, 0.1) is 0 Å². The van der Waals surface area contributed by atoms with Gasteiger partial charge in [-0.3, -0.25) is 0 Å². The van der Waals surface area contributed by atoms with Gasteiger partial charge in [-0.05, 0) is 17.2 Å². The Morgan fingerprint density at radius 3 is 2.45 bits per heavy atom. The van der Waals surface area contributed by atoms with Crippen molar-refractivity contribution in [1.82, 2.24) is 15.1 Å². The van der Waals surface area contributed by atoms with Crippen LogP contribution in [0.15, 0.2) is 65.3 Å². The molecule has 2 aromatic heterocycles. The second kappa shape index (κ2) is 9.43. The third-order valence-corrected chi connectivity index (χ3v) is 4.41. The predicted molar refractivity (Wildman–Crippen MR) is 102 cm³/mol. The van der Waals surface area contributed by atoms with E-state index in [4.69, 9.17) is 14.4 Å². The number of H-pyrrole nitrogens is 1. The van der Waals surface area contributed by atoms with Crippen LogP contribution < -0.4 is 10.8 Å². The second-order valence-electron chi connectivity index (χ2n) is 6.76. The number of aliphatic carboxylic acids is 1. The van der Waals surface area contributed by atoms with Gasteiger partial charge in [0.1, 0.15) is 5.97 Å². The summed E-state index contributed by atoms with van der Waals surface area (Å²) in [5.41, 5.74) is 7.72. The van der Waals surface area contributed by atoms with E-state index in [0.29, 0.717) is 18.1 Å². The fraction of sp³-hybridized carbons (Fsp3) is 0.190. The fourth-order valence-electron chi connectivity index (χ4n) is 2.94. The summed E-state index contributed by atoms with van der Waals surface area (Å²) in [6.07, 6.45) is -1.73. The standard InChI is InChI=1S/C19H18N4O.C2HF3O2/c20-16(11-14-12-21-17-9-5-4-8-15(14)17)19-22-18(23-24-19)10-13-6-2-1-3-7-13;3-2(4,5)1(6)7/h1-9,12,16,21H,10-11,20H2;(H,6,7)/t16-;/m0./s1. The Morgan fingerprint density at radius 2 is 1.77 bits per heavy atom. The number of para-hydroxylation sites is 1. The summed E-state index contributed by atoms with van der Waals surface area (Å²) in [4.78, 5) is 16.6. The lowest BCUT2D eigenvalue weighted by molar-refractivity contribution is -0.431. The van der Waals surface area contributed by atoms with Crippen molar-refractivity contribution in [2.24, 2.45) is 0 Å². The Labute approximate surface area is 174 Å². The first-order valence-electron chi connectivity index (χ1n) is 9.26. The summed E-state index contributed by atoms with van der Waals surface area (Å²) in [5, 5.41) is 14.1. The van der Waals surface area contributed by atoms with Gasteiger partial charge in [0.2, 0.25) is 0 Å². The number of halogens is 3. The molecule has 1 atom stereocenters. The van der Waals surface area contributed by atoms with E-state index in [9.17, 15) is 13.2 Å². The molecular weight excluding hydrogens is 413 g/mol. The number of carbonyl (C=O) groups excluding carboxylic acids is 1. The Balaban J connectivity index is 0.000000339. The van der Waals surface area contributed by atoms with E-state index in [0.717, 1.165) is 11.9 Å². The lowest BCUT2D eigenvalue weighted by Gasteiger charge is -2.03. The van der Waals surface area contributed by atoms with E-state index < -0.39 is 12.1 Å². The molecule has 0 aliphatic rings. The highest BCUT2D eigenvalue weighted by Crippen LogP contribution is 2.22. The highest BCUT2D eigenvalue weighted by molar-refractivity contribution is 5.83. The normalized spacial score (nSPS) is 12.3. The number of aromatic nitrogens is 3. The first kappa shape index (κ1) is 22.0. The van der Waals surface area contributed by atoms with Gasteiger partial charge in [-0.1, -0.05) is 53.7 Å². The maximum Gasteiger partial charge on any atom is 0.430 e. The lowest BCUT2D eigenvalue weighted by atomic mass is 10.1. The number of nitrogens with zero attached hydrogens (tertiary/aromatic N) is 2. The van der Waals surface area contributed by atoms with Crippen LogP contribution in [0.2, 0.25) is 0 Å². The molecule has 4 rings (SSSR count). The minimum Gasteiger partial charge on any atom is -0.542 e. The molecule has 31 heavy (non-hydrogen) atoms. The number of fused-ring (bicyclic) bond motifs is 1. The summed E-state index contributed by atoms with van der Waals surface area (Å²) >= 11 is 0. The molecule has 0 radical (unpaired) electrons. The molecule has 10 heteroatoms. The number of carboxylic acid groups (broad SMARTS) is 1. The van der Waals surface area contributed by atoms with Crippen molar-refractivity contribution >= 4 is 16.9 Å². The van der Waals surface area contributed by atoms with Gasteiger partial charge in [0, 0.05) is 29.9 Å². The monoisotopic (exact) mass is 432 g/mol. The topological polar surface area (TPSA) is 122 Å². The zero-order chi connectivity index (χ0) is 22.4. The number of carboxylic acids is 1. The van der Waals surface area contributed by atoms with Gasteiger partial charge in [-0.25, -0.2) is 0 Å². The summed E-state index contributed by atoms with van der Waals surface area (Å²) in [6.45, 7) is 0. The number of benzene rings is 2. The van der Waals surface area contributed by atoms with Crippen LogP contribution >= 0.6 is 0 Å². The minimum absolute atomic E-state index is 0.0683. The van der Waals surface area contributed by atoms with Crippen LogP contribution in [0.5, 0.6) is 0 Å². The van der Waals surface area contributed by atoms with Gasteiger partial charge in [-0.2, -0.15) is 18.2 Å². The Bertz CT molecular complexity index is 1140. The highest BCUT2D eigenvalue weighted by atomic mass is 19.4. The van der Waals surface area contributed by atoms with Crippen LogP contribution in [0.4, 0.5) is 13.2 Å². The fourth-order valence-corrected chi connectivity index (χ4v) is 2.94. The van der Waals surface area contributed by atoms with E-state index >= 15 is 0 Å². The molecule has 0 aliphatic heterocycles. The number of hydrogen-bond acceptors (Lipinski definition) is 5. The molecule has 4 aromatic rings. The van der Waals surface area contributed by atoms with Crippen LogP contribution in [0.1, 0.15) is 28.9 Å². The van der Waals surface area contributed by atoms with Crippen LogP contribution in [-0.4, -0.2) is 27.3 Å². The average Bonchev–Trinajstić information content (AvgIpc) is 3.36. The van der Waals surface area contributed by atoms with E-state index in [2.05, 4.69) is 45.1 Å². The second-order valence-corrected chi connectivity index (χ2v) is 6.76. The number of nitrogens with one attached hydrogen (secondary N) is 1. The predicted octanol–water partition coefficient (Wildman–Crippen LogP) is 1.97. The Hall–Kier alpha value is -3.66. The SMILES string of the molecule is O=C([O-])C(F)(F)F.[NH3+][C@@H](Cc1c[nH]c2ccccc12)c1nc(Cc2ccccc2)no1. The van der Waals surface area contributed by atoms with Crippen molar-refractivity contribution in [3.63, 3.8) is 0 Å². The molecule has 7 nitrogen and oxygen atoms in total. The highest BCUT2D eigenvalue weighted by Gasteiger charge is 2.28. The molecule has 0 bridgehead atoms. The number of carbonyl (C=O) groups is 1. The van der Waals surface area contributed by atoms with E-state index in [1.165, 1.54) is 16.5 Å². The average molecular weight is 432 g/mol. The van der Waals surface area contributed by atoms with Crippen molar-refractivity contribution in [3.8, 4) is 0 Å². The summed E-state index contributed by atoms with van der Waals surface area (Å²) in [7, 11) is 0. The van der Waals surface area contributed by atoms with Gasteiger partial charge >= 0.3 is 6.18 Å². The summed E-state index contributed by atoms with van der Waals surface area (Å²) in [5.74, 6) is -1.72. The zero-order valence-corrected chi connectivity index (χ0v) is 16.2. The van der Waals surface area contributed by atoms with Gasteiger partial charge in [0.05, 0.1) is 0 Å². The third-order valence-electron chi connectivity index (χ3n) is 4.41. The van der Waals surface area contributed by atoms with Gasteiger partial charge in [-0.15, -0.1) is 0 Å². The molecule has 0 saturated heterocycles. The molecule has 0 fully saturated rings. The van der Waals surface area contributed by atoms with Crippen LogP contribution in [0.25, 0.3) is 10.9 Å². The molecule has 4 N–H and O–H groups in total. The number of quaternary nitrogens is 1. The zero-order valence-electron chi connectivity index (χ0n) is 16.2. The Morgan fingerprint density at radius 1 is 1.13 bits per heavy atom. The van der Waals surface area contributed by atoms with Crippen molar-refractivity contribution in [1.29, 1.82) is 0 Å². The molecule has 2 heterocycles. The van der Waals surface area contributed by atoms with E-state index in [1.54, 1.807) is 0 Å². The largest absolute Gasteiger partial charge is 0.542 e. The molecule has 2 aromatic carbocycles. The smallest absolute Gasteiger partial charge is 0.430 e. The van der Waals surface area contributed by atoms with Gasteiger partial charge in [0.25, 0.3) is 5.89 Å². The van der Waals surface area contributed by atoms with E-state index in [1.807, 2.05) is 36.5 Å². The van der Waals surface area contributed by atoms with Crippen LogP contribution in [-0.2, 0) is 17.6 Å². The van der Waals surface area contributed by atoms with E-state index in [-0.39, 0.29) is 6.04 Å². The number of aromatic amines is 1. The Kier molecular flexibility index (Phi) is 6.71. The maximum atomic E-state index is 10.5. The van der Waals surface area contributed by atoms with Crippen molar-refractivity contribution < 1.29 is 33.3 Å². The third kappa shape index (κ3) is 5.92. The summed E-state index contributed by atoms with van der Waals surface area (Å²) in [6, 6.07) is 18.3. The van der Waals surface area contributed by atoms with Crippen molar-refractivity contribution in [2.75, 3.05) is 0 Å². The minimum atomic E-state index is -5.19. The molecule has 0 unspecified atom stereocenters. The molecule has 0 saturated carbocycles. The van der Waals surface area contributed by atoms with Crippen molar-refractivity contribution in [2.45, 2.75) is 25.1 Å². The molecule has 0 aliphatic carbocycles. The summed E-state index contributed by atoms with van der Waals surface area (Å²) < 4.78 is 37.0. The van der Waals surface area contributed by atoms with Gasteiger partial charge < -0.3 is 25.1 Å². The quantitative estimate of drug-likeness (QED) is 0.499. The maximum absolute atomic E-state index is 10.5. The molecule has 162 valence electrons. The van der Waals surface area contributed by atoms with Gasteiger partial charge in [0.15, 0.2) is 11.9 Å². The number of hydrogen-bond donors (Lipinski definition) is 2. The van der Waals surface area contributed by atoms with Crippen LogP contribution in [0.3, 0.4) is 0 Å². The number of rotatable bonds is 5. The molecule has 0 amide bonds. The first-order chi connectivity index (χ1) is 14.7.